The first kappa shape index (κ1) is 18.6. The van der Waals surface area contributed by atoms with Crippen LogP contribution in [-0.4, -0.2) is 41.5 Å². The molecule has 2 aromatic carbocycles. The van der Waals surface area contributed by atoms with E-state index in [-0.39, 0.29) is 6.61 Å². The summed E-state index contributed by atoms with van der Waals surface area (Å²) in [6.45, 7) is 3.94. The van der Waals surface area contributed by atoms with Crippen LogP contribution in [0.4, 0.5) is 4.39 Å². The zero-order valence-corrected chi connectivity index (χ0v) is 14.7. The van der Waals surface area contributed by atoms with E-state index in [1.165, 1.54) is 5.56 Å². The molecule has 4 atom stereocenters. The molecule has 0 radical (unpaired) electrons. The van der Waals surface area contributed by atoms with E-state index in [9.17, 15) is 14.6 Å². The number of ether oxygens (including phenoxy) is 3. The normalized spacial score (nSPS) is 25.9. The first-order valence-corrected chi connectivity index (χ1v) is 8.60. The smallest absolute Gasteiger partial charge is 0.228 e. The second kappa shape index (κ2) is 8.03. The molecule has 0 saturated carbocycles. The van der Waals surface area contributed by atoms with Crippen LogP contribution in [0.5, 0.6) is 17.2 Å². The van der Waals surface area contributed by atoms with Crippen LogP contribution in [0.1, 0.15) is 25.3 Å². The van der Waals surface area contributed by atoms with Crippen molar-refractivity contribution in [2.24, 2.45) is 0 Å². The predicted octanol–water partition coefficient (Wildman–Crippen LogP) is 3.40. The third-order valence-electron chi connectivity index (χ3n) is 4.28. The molecule has 0 aromatic heterocycles. The van der Waals surface area contributed by atoms with Crippen molar-refractivity contribution in [1.29, 1.82) is 0 Å². The minimum absolute atomic E-state index is 0.323. The average molecular weight is 362 g/mol. The van der Waals surface area contributed by atoms with E-state index < -0.39 is 24.7 Å². The molecule has 1 heterocycles. The van der Waals surface area contributed by atoms with Gasteiger partial charge in [-0.3, -0.25) is 0 Å². The molecule has 1 saturated heterocycles. The van der Waals surface area contributed by atoms with Crippen molar-refractivity contribution in [3.63, 3.8) is 0 Å². The van der Waals surface area contributed by atoms with Gasteiger partial charge in [0.2, 0.25) is 6.29 Å². The monoisotopic (exact) mass is 362 g/mol. The molecule has 0 amide bonds. The van der Waals surface area contributed by atoms with E-state index in [4.69, 9.17) is 14.2 Å². The van der Waals surface area contributed by atoms with Gasteiger partial charge in [0.1, 0.15) is 29.5 Å². The highest BCUT2D eigenvalue weighted by molar-refractivity contribution is 5.36. The Hall–Kier alpha value is -2.15. The van der Waals surface area contributed by atoms with Crippen molar-refractivity contribution in [3.05, 3.63) is 54.1 Å². The first-order chi connectivity index (χ1) is 12.4. The number of aliphatic hydroxyl groups is 2. The molecule has 1 aliphatic heterocycles. The molecule has 1 aliphatic rings. The first-order valence-electron chi connectivity index (χ1n) is 8.60. The van der Waals surface area contributed by atoms with Gasteiger partial charge in [0.15, 0.2) is 6.17 Å². The molecular weight excluding hydrogens is 339 g/mol. The Morgan fingerprint density at radius 1 is 0.923 bits per heavy atom. The lowest BCUT2D eigenvalue weighted by atomic mass is 10.0. The maximum atomic E-state index is 13.3. The summed E-state index contributed by atoms with van der Waals surface area (Å²) in [7, 11) is 0. The molecule has 2 aromatic rings. The van der Waals surface area contributed by atoms with Crippen LogP contribution >= 0.6 is 0 Å². The fourth-order valence-electron chi connectivity index (χ4n) is 2.64. The van der Waals surface area contributed by atoms with Gasteiger partial charge in [0.05, 0.1) is 6.61 Å². The van der Waals surface area contributed by atoms with E-state index in [2.05, 4.69) is 13.8 Å². The molecule has 6 heteroatoms. The zero-order valence-electron chi connectivity index (χ0n) is 14.7. The lowest BCUT2D eigenvalue weighted by Gasteiger charge is -2.33. The molecule has 0 aliphatic carbocycles. The topological polar surface area (TPSA) is 68.2 Å². The van der Waals surface area contributed by atoms with Gasteiger partial charge in [-0.2, -0.15) is 0 Å². The summed E-state index contributed by atoms with van der Waals surface area (Å²) in [5.41, 5.74) is 1.24. The molecule has 140 valence electrons. The van der Waals surface area contributed by atoms with Gasteiger partial charge >= 0.3 is 0 Å². The standard InChI is InChI=1S/C20H23FO5/c1-12(2)13-3-5-14(6-4-13)25-15-7-9-16(10-8-15)26-20-19(23)18(22)17(21)11-24-20/h3-10,12,17-20,22-23H,11H2,1-2H3/t17-,18+,19-,20-/m1/s1. The van der Waals surface area contributed by atoms with Crippen molar-refractivity contribution in [1.82, 2.24) is 0 Å². The highest BCUT2D eigenvalue weighted by Crippen LogP contribution is 2.27. The molecule has 0 spiro atoms. The minimum atomic E-state index is -1.62. The van der Waals surface area contributed by atoms with Gasteiger partial charge < -0.3 is 24.4 Å². The van der Waals surface area contributed by atoms with E-state index in [1.54, 1.807) is 24.3 Å². The summed E-state index contributed by atoms with van der Waals surface area (Å²) in [4.78, 5) is 0. The summed E-state index contributed by atoms with van der Waals surface area (Å²) < 4.78 is 29.6. The Balaban J connectivity index is 1.60. The molecule has 1 fully saturated rings. The molecule has 0 bridgehead atoms. The van der Waals surface area contributed by atoms with Crippen molar-refractivity contribution >= 4 is 0 Å². The number of hydrogen-bond acceptors (Lipinski definition) is 5. The number of alkyl halides is 1. The van der Waals surface area contributed by atoms with Crippen LogP contribution < -0.4 is 9.47 Å². The Kier molecular flexibility index (Phi) is 5.76. The molecule has 26 heavy (non-hydrogen) atoms. The second-order valence-corrected chi connectivity index (χ2v) is 6.61. The fourth-order valence-corrected chi connectivity index (χ4v) is 2.64. The van der Waals surface area contributed by atoms with Crippen molar-refractivity contribution < 1.29 is 28.8 Å². The fraction of sp³-hybridized carbons (Fsp3) is 0.400. The van der Waals surface area contributed by atoms with Gasteiger partial charge in [-0.05, 0) is 47.9 Å². The zero-order chi connectivity index (χ0) is 18.7. The predicted molar refractivity (Wildman–Crippen MR) is 94.3 cm³/mol. The Labute approximate surface area is 151 Å². The lowest BCUT2D eigenvalue weighted by Crippen LogP contribution is -2.53. The van der Waals surface area contributed by atoms with E-state index in [0.717, 1.165) is 5.75 Å². The quantitative estimate of drug-likeness (QED) is 0.853. The Morgan fingerprint density at radius 3 is 2.04 bits per heavy atom. The van der Waals surface area contributed by atoms with E-state index >= 15 is 0 Å². The number of rotatable bonds is 5. The SMILES string of the molecule is CC(C)c1ccc(Oc2ccc(O[C@H]3OC[C@@H](F)[C@H](O)[C@H]3O)cc2)cc1. The maximum absolute atomic E-state index is 13.3. The van der Waals surface area contributed by atoms with Crippen LogP contribution in [0.3, 0.4) is 0 Å². The Morgan fingerprint density at radius 2 is 1.46 bits per heavy atom. The maximum Gasteiger partial charge on any atom is 0.228 e. The third kappa shape index (κ3) is 4.33. The summed E-state index contributed by atoms with van der Waals surface area (Å²) in [6, 6.07) is 14.6. The van der Waals surface area contributed by atoms with Crippen LogP contribution in [0.2, 0.25) is 0 Å². The minimum Gasteiger partial charge on any atom is -0.462 e. The lowest BCUT2D eigenvalue weighted by molar-refractivity contribution is -0.229. The van der Waals surface area contributed by atoms with Gasteiger partial charge in [-0.1, -0.05) is 26.0 Å². The molecular formula is C20H23FO5. The van der Waals surface area contributed by atoms with Crippen molar-refractivity contribution in [2.45, 2.75) is 44.4 Å². The number of aliphatic hydroxyl groups excluding tert-OH is 2. The molecule has 2 N–H and O–H groups in total. The summed E-state index contributed by atoms with van der Waals surface area (Å²) in [5, 5.41) is 19.4. The largest absolute Gasteiger partial charge is 0.462 e. The third-order valence-corrected chi connectivity index (χ3v) is 4.28. The van der Waals surface area contributed by atoms with Crippen LogP contribution in [-0.2, 0) is 4.74 Å². The summed E-state index contributed by atoms with van der Waals surface area (Å²) >= 11 is 0. The van der Waals surface area contributed by atoms with Gasteiger partial charge in [0.25, 0.3) is 0 Å². The highest BCUT2D eigenvalue weighted by atomic mass is 19.1. The van der Waals surface area contributed by atoms with E-state index in [0.29, 0.717) is 17.4 Å². The average Bonchev–Trinajstić information content (AvgIpc) is 2.64. The van der Waals surface area contributed by atoms with Crippen LogP contribution in [0.15, 0.2) is 48.5 Å². The van der Waals surface area contributed by atoms with Crippen molar-refractivity contribution in [3.8, 4) is 17.2 Å². The highest BCUT2D eigenvalue weighted by Gasteiger charge is 2.40. The number of halogens is 1. The number of hydrogen-bond donors (Lipinski definition) is 2. The molecule has 3 rings (SSSR count). The second-order valence-electron chi connectivity index (χ2n) is 6.61. The summed E-state index contributed by atoms with van der Waals surface area (Å²) in [6.07, 6.45) is -5.71. The molecule has 5 nitrogen and oxygen atoms in total. The van der Waals surface area contributed by atoms with Crippen LogP contribution in [0, 0.1) is 0 Å². The summed E-state index contributed by atoms with van der Waals surface area (Å²) in [5.74, 6) is 2.24. The van der Waals surface area contributed by atoms with Gasteiger partial charge in [-0.15, -0.1) is 0 Å². The van der Waals surface area contributed by atoms with E-state index in [1.807, 2.05) is 24.3 Å². The van der Waals surface area contributed by atoms with Gasteiger partial charge in [0, 0.05) is 0 Å². The number of benzene rings is 2. The van der Waals surface area contributed by atoms with Crippen LogP contribution in [0.25, 0.3) is 0 Å². The molecule has 0 unspecified atom stereocenters. The van der Waals surface area contributed by atoms with Crippen molar-refractivity contribution in [2.75, 3.05) is 6.61 Å². The van der Waals surface area contributed by atoms with Gasteiger partial charge in [-0.25, -0.2) is 4.39 Å². The Bertz CT molecular complexity index is 701.